The highest BCUT2D eigenvalue weighted by atomic mass is 16.6. The van der Waals surface area contributed by atoms with Gasteiger partial charge in [-0.3, -0.25) is 9.59 Å². The number of hydrogen-bond acceptors (Lipinski definition) is 5. The number of carbonyl (C=O) groups is 4. The van der Waals surface area contributed by atoms with E-state index < -0.39 is 18.1 Å². The second kappa shape index (κ2) is 9.13. The molecule has 0 aliphatic carbocycles. The third-order valence-corrected chi connectivity index (χ3v) is 0.664. The van der Waals surface area contributed by atoms with Gasteiger partial charge in [-0.25, -0.2) is 9.59 Å². The van der Waals surface area contributed by atoms with Crippen molar-refractivity contribution in [3.63, 3.8) is 0 Å². The number of urea groups is 1. The molecule has 0 bridgehead atoms. The van der Waals surface area contributed by atoms with Gasteiger partial charge in [0.25, 0.3) is 0 Å². The van der Waals surface area contributed by atoms with Crippen molar-refractivity contribution in [2.75, 3.05) is 6.61 Å². The van der Waals surface area contributed by atoms with Gasteiger partial charge < -0.3 is 21.3 Å². The lowest BCUT2D eigenvalue weighted by Crippen LogP contribution is -2.18. The van der Waals surface area contributed by atoms with Gasteiger partial charge in [-0.2, -0.15) is 0 Å². The molecule has 80 valence electrons. The maximum atomic E-state index is 9.64. The van der Waals surface area contributed by atoms with Crippen LogP contribution in [0.5, 0.6) is 0 Å². The Bertz CT molecular complexity index is 202. The molecule has 1 saturated heterocycles. The van der Waals surface area contributed by atoms with Crippen LogP contribution in [-0.4, -0.2) is 42.4 Å². The van der Waals surface area contributed by atoms with Crippen LogP contribution in [0.1, 0.15) is 0 Å². The Kier molecular flexibility index (Phi) is 9.49. The smallest absolute Gasteiger partial charge is 0.335 e. The van der Waals surface area contributed by atoms with Crippen LogP contribution in [0.3, 0.4) is 0 Å². The fourth-order valence-electron chi connectivity index (χ4n) is 0.191. The first-order valence-electron chi connectivity index (χ1n) is 3.24. The van der Waals surface area contributed by atoms with Crippen LogP contribution in [0.2, 0.25) is 0 Å². The second-order valence-corrected chi connectivity index (χ2v) is 1.83. The van der Waals surface area contributed by atoms with E-state index in [9.17, 15) is 4.79 Å². The summed E-state index contributed by atoms with van der Waals surface area (Å²) in [5.41, 5.74) is 8.50. The molecule has 2 amide bonds. The van der Waals surface area contributed by atoms with Crippen molar-refractivity contribution in [3.05, 3.63) is 0 Å². The first kappa shape index (κ1) is 14.6. The van der Waals surface area contributed by atoms with Gasteiger partial charge in [-0.1, -0.05) is 0 Å². The van der Waals surface area contributed by atoms with Crippen molar-refractivity contribution in [2.24, 2.45) is 11.5 Å². The van der Waals surface area contributed by atoms with Crippen LogP contribution >= 0.6 is 0 Å². The molecule has 0 spiro atoms. The van der Waals surface area contributed by atoms with Crippen molar-refractivity contribution in [2.45, 2.75) is 6.10 Å². The van der Waals surface area contributed by atoms with Crippen molar-refractivity contribution in [3.8, 4) is 0 Å². The van der Waals surface area contributed by atoms with Gasteiger partial charge in [-0.05, 0) is 0 Å². The zero-order valence-corrected chi connectivity index (χ0v) is 7.08. The van der Waals surface area contributed by atoms with Gasteiger partial charge in [0.2, 0.25) is 0 Å². The number of carbonyl (C=O) groups excluding carboxylic acids is 3. The maximum Gasteiger partial charge on any atom is 0.335 e. The van der Waals surface area contributed by atoms with E-state index in [1.165, 1.54) is 0 Å². The SMILES string of the molecule is NC(N)=O.O=C(O)C1CO1.O=CC=O. The quantitative estimate of drug-likeness (QED) is 0.266. The van der Waals surface area contributed by atoms with E-state index in [4.69, 9.17) is 19.5 Å². The first-order chi connectivity index (χ1) is 6.45. The summed E-state index contributed by atoms with van der Waals surface area (Å²) in [5.74, 6) is -0.852. The molecule has 5 N–H and O–H groups in total. The van der Waals surface area contributed by atoms with Gasteiger partial charge in [0.15, 0.2) is 18.7 Å². The second-order valence-electron chi connectivity index (χ2n) is 1.83. The van der Waals surface area contributed by atoms with Crippen LogP contribution < -0.4 is 11.5 Å². The molecule has 1 aliphatic heterocycles. The van der Waals surface area contributed by atoms with Crippen molar-refractivity contribution in [1.29, 1.82) is 0 Å². The molecule has 0 aromatic heterocycles. The number of carboxylic acid groups (broad SMARTS) is 1. The Hall–Kier alpha value is -1.96. The highest BCUT2D eigenvalue weighted by Crippen LogP contribution is 2.06. The molecule has 14 heavy (non-hydrogen) atoms. The lowest BCUT2D eigenvalue weighted by molar-refractivity contribution is -0.138. The molecule has 1 fully saturated rings. The van der Waals surface area contributed by atoms with Crippen LogP contribution in [0, 0.1) is 0 Å². The van der Waals surface area contributed by atoms with Gasteiger partial charge in [-0.15, -0.1) is 0 Å². The van der Waals surface area contributed by atoms with E-state index in [0.717, 1.165) is 0 Å². The summed E-state index contributed by atoms with van der Waals surface area (Å²) in [4.78, 5) is 36.2. The highest BCUT2D eigenvalue weighted by molar-refractivity contribution is 6.09. The summed E-state index contributed by atoms with van der Waals surface area (Å²) >= 11 is 0. The third kappa shape index (κ3) is 22.5. The maximum absolute atomic E-state index is 9.64. The average Bonchev–Trinajstić information content (AvgIpc) is 2.85. The van der Waals surface area contributed by atoms with Gasteiger partial charge >= 0.3 is 12.0 Å². The largest absolute Gasteiger partial charge is 0.479 e. The monoisotopic (exact) mass is 206 g/mol. The number of aldehydes is 2. The normalized spacial score (nSPS) is 15.9. The first-order valence-corrected chi connectivity index (χ1v) is 3.24. The Balaban J connectivity index is 0. The van der Waals surface area contributed by atoms with Crippen LogP contribution in [0.15, 0.2) is 0 Å². The van der Waals surface area contributed by atoms with Crippen molar-refractivity contribution in [1.82, 2.24) is 0 Å². The fourth-order valence-corrected chi connectivity index (χ4v) is 0.191. The minimum absolute atomic E-state index is 0.194. The Morgan fingerprint density at radius 3 is 1.57 bits per heavy atom. The summed E-state index contributed by atoms with van der Waals surface area (Å²) in [6.07, 6.45) is -0.0926. The molecule has 0 saturated carbocycles. The number of rotatable bonds is 2. The van der Waals surface area contributed by atoms with E-state index in [0.29, 0.717) is 6.61 Å². The zero-order chi connectivity index (χ0) is 11.6. The van der Waals surface area contributed by atoms with Gasteiger partial charge in [0, 0.05) is 0 Å². The molecule has 0 aromatic carbocycles. The molecule has 1 aliphatic rings. The molecule has 0 aromatic rings. The Morgan fingerprint density at radius 1 is 1.29 bits per heavy atom. The molecule has 0 radical (unpaired) electrons. The third-order valence-electron chi connectivity index (χ3n) is 0.664. The number of nitrogens with two attached hydrogens (primary N) is 2. The number of amides is 2. The Morgan fingerprint density at radius 2 is 1.57 bits per heavy atom. The predicted octanol–water partition coefficient (Wildman–Crippen LogP) is -2.12. The van der Waals surface area contributed by atoms with E-state index in [1.807, 2.05) is 0 Å². The summed E-state index contributed by atoms with van der Waals surface area (Å²) in [5, 5.41) is 7.93. The zero-order valence-electron chi connectivity index (χ0n) is 7.08. The number of ether oxygens (including phenoxy) is 1. The van der Waals surface area contributed by atoms with E-state index in [2.05, 4.69) is 16.2 Å². The van der Waals surface area contributed by atoms with Crippen LogP contribution in [-0.2, 0) is 19.1 Å². The topological polar surface area (TPSA) is 153 Å². The molecular weight excluding hydrogens is 196 g/mol. The molecule has 8 heteroatoms. The van der Waals surface area contributed by atoms with E-state index in [1.54, 1.807) is 0 Å². The molecular formula is C6H10N2O6. The lowest BCUT2D eigenvalue weighted by Gasteiger charge is -1.72. The number of aliphatic carboxylic acids is 1. The number of epoxide rings is 1. The Labute approximate surface area is 78.8 Å². The van der Waals surface area contributed by atoms with E-state index >= 15 is 0 Å². The average molecular weight is 206 g/mol. The van der Waals surface area contributed by atoms with Gasteiger partial charge in [0.1, 0.15) is 0 Å². The van der Waals surface area contributed by atoms with Gasteiger partial charge in [0.05, 0.1) is 6.61 Å². The van der Waals surface area contributed by atoms with Crippen LogP contribution in [0.25, 0.3) is 0 Å². The van der Waals surface area contributed by atoms with E-state index in [-0.39, 0.29) is 12.6 Å². The van der Waals surface area contributed by atoms with Crippen molar-refractivity contribution < 1.29 is 29.0 Å². The molecule has 1 heterocycles. The fraction of sp³-hybridized carbons (Fsp3) is 0.333. The summed E-state index contributed by atoms with van der Waals surface area (Å²) < 4.78 is 4.37. The predicted molar refractivity (Wildman–Crippen MR) is 43.3 cm³/mol. The standard InChI is InChI=1S/C3H4O3.C2H2O2.CH4N2O/c4-3(5)2-1-6-2;3-1-2-4;2-1(3)4/h2H,1H2,(H,4,5);1-2H;(H4,2,3,4). The molecule has 1 atom stereocenters. The minimum Gasteiger partial charge on any atom is -0.479 e. The minimum atomic E-state index is -0.852. The number of hydrogen-bond donors (Lipinski definition) is 3. The summed E-state index contributed by atoms with van der Waals surface area (Å²) in [6, 6.07) is -0.833. The lowest BCUT2D eigenvalue weighted by atomic mass is 10.5. The van der Waals surface area contributed by atoms with Crippen LogP contribution in [0.4, 0.5) is 4.79 Å². The number of primary amides is 2. The molecule has 8 nitrogen and oxygen atoms in total. The summed E-state index contributed by atoms with van der Waals surface area (Å²) in [6.45, 7) is 0.398. The highest BCUT2D eigenvalue weighted by Gasteiger charge is 2.30. The molecule has 1 rings (SSSR count). The number of carboxylic acids is 1. The van der Waals surface area contributed by atoms with Crippen molar-refractivity contribution >= 4 is 24.6 Å². The molecule has 1 unspecified atom stereocenters. The summed E-state index contributed by atoms with van der Waals surface area (Å²) in [7, 11) is 0.